The van der Waals surface area contributed by atoms with Gasteiger partial charge >= 0.3 is 11.9 Å². The maximum Gasteiger partial charge on any atom is 0.316 e. The molecule has 2 fully saturated rings. The normalized spacial score (nSPS) is 15.2. The molecule has 2 saturated carbocycles. The van der Waals surface area contributed by atoms with E-state index in [-0.39, 0.29) is 12.6 Å². The van der Waals surface area contributed by atoms with Crippen LogP contribution in [0.3, 0.4) is 0 Å². The van der Waals surface area contributed by atoms with Gasteiger partial charge in [-0.3, -0.25) is 9.59 Å². The molecule has 0 spiro atoms. The highest BCUT2D eigenvalue weighted by molar-refractivity contribution is 5.85. The quantitative estimate of drug-likeness (QED) is 0.0620. The van der Waals surface area contributed by atoms with Crippen LogP contribution in [-0.4, -0.2) is 43.6 Å². The highest BCUT2D eigenvalue weighted by Gasteiger charge is 2.47. The molecule has 62 heavy (non-hydrogen) atoms. The summed E-state index contributed by atoms with van der Waals surface area (Å²) in [7, 11) is 0. The Morgan fingerprint density at radius 2 is 1.10 bits per heavy atom. The van der Waals surface area contributed by atoms with Crippen LogP contribution in [0.2, 0.25) is 0 Å². The smallest absolute Gasteiger partial charge is 0.316 e. The van der Waals surface area contributed by atoms with Gasteiger partial charge in [0.15, 0.2) is 0 Å². The topological polar surface area (TPSA) is 177 Å². The summed E-state index contributed by atoms with van der Waals surface area (Å²) in [5, 5.41) is 20.1. The molecule has 5 aromatic carbocycles. The van der Waals surface area contributed by atoms with Gasteiger partial charge < -0.3 is 31.5 Å². The second-order valence-electron chi connectivity index (χ2n) is 16.0. The lowest BCUT2D eigenvalue weighted by Gasteiger charge is -2.40. The van der Waals surface area contributed by atoms with Crippen molar-refractivity contribution in [3.8, 4) is 22.5 Å². The van der Waals surface area contributed by atoms with Crippen LogP contribution in [0, 0.1) is 0 Å². The number of rotatable bonds is 15. The van der Waals surface area contributed by atoms with E-state index in [1.165, 1.54) is 0 Å². The molecule has 0 amide bonds. The van der Waals surface area contributed by atoms with Gasteiger partial charge in [-0.2, -0.15) is 9.97 Å². The Morgan fingerprint density at radius 1 is 0.613 bits per heavy atom. The number of hydrogen-bond acceptors (Lipinski definition) is 11. The van der Waals surface area contributed by atoms with E-state index in [4.69, 9.17) is 20.4 Å². The molecule has 1 atom stereocenters. The van der Waals surface area contributed by atoms with E-state index in [1.54, 1.807) is 6.07 Å². The monoisotopic (exact) mass is 822 g/mol. The van der Waals surface area contributed by atoms with E-state index in [1.807, 2.05) is 146 Å². The molecular formula is C50H46N8O4. The van der Waals surface area contributed by atoms with E-state index in [9.17, 15) is 14.7 Å². The first-order valence-corrected chi connectivity index (χ1v) is 20.9. The Morgan fingerprint density at radius 3 is 1.60 bits per heavy atom. The summed E-state index contributed by atoms with van der Waals surface area (Å²) in [5.41, 5.74) is 11.9. The zero-order chi connectivity index (χ0) is 42.5. The summed E-state index contributed by atoms with van der Waals surface area (Å²) in [6.45, 7) is 0.0565. The van der Waals surface area contributed by atoms with Gasteiger partial charge in [0.2, 0.25) is 11.9 Å². The third kappa shape index (κ3) is 8.27. The first-order chi connectivity index (χ1) is 30.3. The third-order valence-corrected chi connectivity index (χ3v) is 12.1. The number of carboxylic acids is 1. The summed E-state index contributed by atoms with van der Waals surface area (Å²) in [4.78, 5) is 45.1. The summed E-state index contributed by atoms with van der Waals surface area (Å²) >= 11 is 0. The predicted molar refractivity (Wildman–Crippen MR) is 241 cm³/mol. The van der Waals surface area contributed by atoms with Crippen LogP contribution in [0.25, 0.3) is 22.5 Å². The molecule has 9 rings (SSSR count). The molecule has 7 aromatic rings. The van der Waals surface area contributed by atoms with Gasteiger partial charge in [-0.25, -0.2) is 9.97 Å². The molecular weight excluding hydrogens is 777 g/mol. The number of aliphatic carboxylic acids is 1. The van der Waals surface area contributed by atoms with Gasteiger partial charge in [0, 0.05) is 34.6 Å². The van der Waals surface area contributed by atoms with Crippen molar-refractivity contribution in [1.29, 1.82) is 0 Å². The highest BCUT2D eigenvalue weighted by atomic mass is 16.5. The molecule has 12 heteroatoms. The molecule has 0 radical (unpaired) electrons. The Hall–Kier alpha value is -7.60. The lowest BCUT2D eigenvalue weighted by atomic mass is 9.64. The molecule has 2 heterocycles. The van der Waals surface area contributed by atoms with Crippen LogP contribution in [-0.2, 0) is 25.2 Å². The summed E-state index contributed by atoms with van der Waals surface area (Å²) in [5.74, 6) is 0.560. The second kappa shape index (κ2) is 17.2. The molecule has 2 aliphatic carbocycles. The molecule has 0 bridgehead atoms. The fourth-order valence-corrected chi connectivity index (χ4v) is 8.30. The molecule has 1 unspecified atom stereocenters. The number of nitrogens with zero attached hydrogens (tertiary/aromatic N) is 4. The number of esters is 1. The SMILES string of the molecule is Nc1cc(-c2ccccc2)nc(Nc2ccc(C3(C(=O)OCC(Nc4cc(-c5ccccc5)nc(Nc5ccc(C6(C(=O)O)CCC6)cc5)n4)c4ccccc4)CCC3)cc2)n1. The third-order valence-electron chi connectivity index (χ3n) is 12.1. The lowest BCUT2D eigenvalue weighted by Crippen LogP contribution is -2.44. The summed E-state index contributed by atoms with van der Waals surface area (Å²) in [6.07, 6.45) is 4.44. The van der Waals surface area contributed by atoms with Crippen molar-refractivity contribution < 1.29 is 19.4 Å². The number of aromatic nitrogens is 4. The minimum atomic E-state index is -0.821. The van der Waals surface area contributed by atoms with E-state index < -0.39 is 22.8 Å². The Labute approximate surface area is 359 Å². The lowest BCUT2D eigenvalue weighted by molar-refractivity contribution is -0.155. The maximum absolute atomic E-state index is 14.2. The van der Waals surface area contributed by atoms with Crippen molar-refractivity contribution >= 4 is 46.8 Å². The van der Waals surface area contributed by atoms with Gasteiger partial charge in [0.05, 0.1) is 28.3 Å². The largest absolute Gasteiger partial charge is 0.481 e. The van der Waals surface area contributed by atoms with E-state index in [2.05, 4.69) is 25.9 Å². The fourth-order valence-electron chi connectivity index (χ4n) is 8.30. The van der Waals surface area contributed by atoms with Crippen molar-refractivity contribution in [3.05, 3.63) is 168 Å². The van der Waals surface area contributed by atoms with Crippen LogP contribution in [0.5, 0.6) is 0 Å². The van der Waals surface area contributed by atoms with Crippen molar-refractivity contribution in [2.24, 2.45) is 0 Å². The number of carbonyl (C=O) groups excluding carboxylic acids is 1. The number of carboxylic acid groups (broad SMARTS) is 1. The second-order valence-corrected chi connectivity index (χ2v) is 16.0. The van der Waals surface area contributed by atoms with Crippen LogP contribution >= 0.6 is 0 Å². The minimum absolute atomic E-state index is 0.0565. The molecule has 0 aliphatic heterocycles. The standard InChI is InChI=1S/C50H46N8O4/c51-43-30-40(33-12-4-1-5-13-33)55-47(57-43)52-38-24-20-37(21-25-38)50(28-11-29-50)46(61)62-32-42(35-16-8-3-9-17-35)54-44-31-41(34-14-6-2-7-15-34)56-48(58-44)53-39-22-18-36(19-23-39)49(45(59)60)26-10-27-49/h1-9,12-25,30-31,42H,10-11,26-29,32H2,(H,59,60)(H3,51,52,55,57)(H2,53,54,56,58). The zero-order valence-electron chi connectivity index (χ0n) is 34.0. The Balaban J connectivity index is 0.929. The average molecular weight is 823 g/mol. The molecule has 2 aliphatic rings. The van der Waals surface area contributed by atoms with E-state index >= 15 is 0 Å². The number of anilines is 6. The van der Waals surface area contributed by atoms with Gasteiger partial charge in [-0.1, -0.05) is 128 Å². The average Bonchev–Trinajstić information content (AvgIpc) is 3.26. The molecule has 6 N–H and O–H groups in total. The van der Waals surface area contributed by atoms with Crippen molar-refractivity contribution in [1.82, 2.24) is 19.9 Å². The van der Waals surface area contributed by atoms with Crippen LogP contribution in [0.4, 0.5) is 34.9 Å². The van der Waals surface area contributed by atoms with Crippen molar-refractivity contribution in [2.75, 3.05) is 28.3 Å². The van der Waals surface area contributed by atoms with Gasteiger partial charge in [0.25, 0.3) is 0 Å². The number of carbonyl (C=O) groups is 2. The van der Waals surface area contributed by atoms with Crippen LogP contribution in [0.15, 0.2) is 152 Å². The first-order valence-electron chi connectivity index (χ1n) is 20.9. The molecule has 12 nitrogen and oxygen atoms in total. The number of nitrogens with two attached hydrogens (primary N) is 1. The number of nitrogen functional groups attached to an aromatic ring is 1. The molecule has 310 valence electrons. The number of benzene rings is 5. The Kier molecular flexibility index (Phi) is 11.0. The first kappa shape index (κ1) is 39.8. The minimum Gasteiger partial charge on any atom is -0.481 e. The summed E-state index contributed by atoms with van der Waals surface area (Å²) < 4.78 is 6.25. The van der Waals surface area contributed by atoms with Gasteiger partial charge in [-0.15, -0.1) is 0 Å². The Bertz CT molecular complexity index is 2670. The van der Waals surface area contributed by atoms with Crippen LogP contribution in [0.1, 0.15) is 61.3 Å². The molecule has 0 saturated heterocycles. The maximum atomic E-state index is 14.2. The van der Waals surface area contributed by atoms with Gasteiger partial charge in [-0.05, 0) is 66.6 Å². The highest BCUT2D eigenvalue weighted by Crippen LogP contribution is 2.46. The zero-order valence-corrected chi connectivity index (χ0v) is 34.0. The number of nitrogens with one attached hydrogen (secondary N) is 3. The van der Waals surface area contributed by atoms with Gasteiger partial charge in [0.1, 0.15) is 18.2 Å². The van der Waals surface area contributed by atoms with Crippen LogP contribution < -0.4 is 21.7 Å². The fraction of sp³-hybridized carbons (Fsp3) is 0.200. The predicted octanol–water partition coefficient (Wildman–Crippen LogP) is 9.99. The van der Waals surface area contributed by atoms with Crippen molar-refractivity contribution in [3.63, 3.8) is 0 Å². The summed E-state index contributed by atoms with van der Waals surface area (Å²) in [6, 6.07) is 47.9. The van der Waals surface area contributed by atoms with Crippen molar-refractivity contribution in [2.45, 2.75) is 55.4 Å². The van der Waals surface area contributed by atoms with E-state index in [0.717, 1.165) is 52.0 Å². The molecule has 2 aromatic heterocycles. The van der Waals surface area contributed by atoms with E-state index in [0.29, 0.717) is 60.6 Å². The number of hydrogen-bond donors (Lipinski definition) is 5. The number of ether oxygens (including phenoxy) is 1.